The molecule has 0 atom stereocenters. The fourth-order valence-corrected chi connectivity index (χ4v) is 5.56. The van der Waals surface area contributed by atoms with Crippen LogP contribution in [-0.4, -0.2) is 30.9 Å². The second kappa shape index (κ2) is 7.91. The van der Waals surface area contributed by atoms with Crippen LogP contribution < -0.4 is 0 Å². The van der Waals surface area contributed by atoms with E-state index in [1.165, 1.54) is 17.0 Å². The minimum absolute atomic E-state index is 0.131. The van der Waals surface area contributed by atoms with Gasteiger partial charge in [-0.05, 0) is 47.0 Å². The number of halogens is 1. The van der Waals surface area contributed by atoms with Gasteiger partial charge in [-0.15, -0.1) is 22.3 Å². The molecule has 3 rings (SSSR count). The first-order chi connectivity index (χ1) is 12.4. The molecular formula is C17H13BrN2O3S3. The summed E-state index contributed by atoms with van der Waals surface area (Å²) in [5.74, 6) is -0.294. The van der Waals surface area contributed by atoms with E-state index in [0.29, 0.717) is 4.91 Å². The molecule has 2 aromatic rings. The molecule has 0 spiro atoms. The van der Waals surface area contributed by atoms with Crippen LogP contribution in [0.25, 0.3) is 6.08 Å². The summed E-state index contributed by atoms with van der Waals surface area (Å²) in [6.45, 7) is 3.81. The molecule has 0 bridgehead atoms. The summed E-state index contributed by atoms with van der Waals surface area (Å²) >= 11 is 5.49. The molecule has 1 amide bonds. The third-order valence-electron chi connectivity index (χ3n) is 3.32. The summed E-state index contributed by atoms with van der Waals surface area (Å²) < 4.78 is 29.8. The molecular weight excluding hydrogens is 456 g/mol. The summed E-state index contributed by atoms with van der Waals surface area (Å²) in [6.07, 6.45) is 3.25. The molecule has 134 valence electrons. The van der Waals surface area contributed by atoms with Crippen molar-refractivity contribution in [3.8, 4) is 0 Å². The molecule has 0 N–H and O–H groups in total. The quantitative estimate of drug-likeness (QED) is 0.482. The van der Waals surface area contributed by atoms with Crippen molar-refractivity contribution in [2.75, 3.05) is 6.54 Å². The first kappa shape index (κ1) is 19.1. The molecule has 1 aliphatic rings. The van der Waals surface area contributed by atoms with Crippen molar-refractivity contribution in [1.29, 1.82) is 0 Å². The topological polar surface area (TPSA) is 66.8 Å². The van der Waals surface area contributed by atoms with Crippen LogP contribution in [0.3, 0.4) is 0 Å². The molecule has 26 heavy (non-hydrogen) atoms. The Morgan fingerprint density at radius 2 is 1.96 bits per heavy atom. The Hall–Kier alpha value is -1.68. The normalized spacial score (nSPS) is 18.0. The summed E-state index contributed by atoms with van der Waals surface area (Å²) in [5, 5.41) is 1.80. The number of hydrogen-bond donors (Lipinski definition) is 0. The second-order valence-corrected chi connectivity index (χ2v) is 9.85. The monoisotopic (exact) mass is 468 g/mol. The van der Waals surface area contributed by atoms with Crippen molar-refractivity contribution in [3.63, 3.8) is 0 Å². The van der Waals surface area contributed by atoms with Crippen LogP contribution in [0.4, 0.5) is 0 Å². The summed E-state index contributed by atoms with van der Waals surface area (Å²) in [6, 6.07) is 10.6. The number of hydrogen-bond acceptors (Lipinski definition) is 5. The van der Waals surface area contributed by atoms with Crippen LogP contribution in [-0.2, 0) is 14.8 Å². The predicted octanol–water partition coefficient (Wildman–Crippen LogP) is 4.36. The third kappa shape index (κ3) is 4.17. The van der Waals surface area contributed by atoms with E-state index in [2.05, 4.69) is 26.9 Å². The molecule has 5 nitrogen and oxygen atoms in total. The molecule has 1 aromatic heterocycles. The van der Waals surface area contributed by atoms with E-state index in [4.69, 9.17) is 0 Å². The van der Waals surface area contributed by atoms with Gasteiger partial charge in [-0.1, -0.05) is 40.2 Å². The first-order valence-corrected chi connectivity index (χ1v) is 11.3. The zero-order valence-corrected chi connectivity index (χ0v) is 17.4. The van der Waals surface area contributed by atoms with Crippen LogP contribution >= 0.6 is 39.0 Å². The Bertz CT molecular complexity index is 994. The number of benzene rings is 1. The second-order valence-electron chi connectivity index (χ2n) is 5.15. The number of sulfonamides is 1. The molecule has 0 aliphatic carbocycles. The van der Waals surface area contributed by atoms with Gasteiger partial charge in [-0.3, -0.25) is 9.69 Å². The Morgan fingerprint density at radius 1 is 1.23 bits per heavy atom. The van der Waals surface area contributed by atoms with Crippen molar-refractivity contribution >= 4 is 66.2 Å². The number of nitrogens with zero attached hydrogens (tertiary/aromatic N) is 2. The van der Waals surface area contributed by atoms with Crippen molar-refractivity contribution < 1.29 is 13.2 Å². The van der Waals surface area contributed by atoms with Gasteiger partial charge in [-0.2, -0.15) is 8.42 Å². The average molecular weight is 469 g/mol. The molecule has 1 aliphatic heterocycles. The van der Waals surface area contributed by atoms with Gasteiger partial charge in [0.1, 0.15) is 4.21 Å². The van der Waals surface area contributed by atoms with E-state index in [9.17, 15) is 13.2 Å². The van der Waals surface area contributed by atoms with Crippen molar-refractivity contribution in [2.24, 2.45) is 4.40 Å². The maximum absolute atomic E-state index is 12.7. The van der Waals surface area contributed by atoms with Gasteiger partial charge in [0, 0.05) is 11.0 Å². The maximum Gasteiger partial charge on any atom is 0.294 e. The highest BCUT2D eigenvalue weighted by atomic mass is 79.9. The van der Waals surface area contributed by atoms with E-state index >= 15 is 0 Å². The Kier molecular flexibility index (Phi) is 5.81. The van der Waals surface area contributed by atoms with Gasteiger partial charge >= 0.3 is 0 Å². The maximum atomic E-state index is 12.7. The highest BCUT2D eigenvalue weighted by molar-refractivity contribution is 9.10. The lowest BCUT2D eigenvalue weighted by Gasteiger charge is -2.12. The fraction of sp³-hybridized carbons (Fsp3) is 0.0588. The van der Waals surface area contributed by atoms with Gasteiger partial charge in [0.05, 0.1) is 4.91 Å². The lowest BCUT2D eigenvalue weighted by atomic mass is 10.2. The Morgan fingerprint density at radius 3 is 2.58 bits per heavy atom. The highest BCUT2D eigenvalue weighted by Crippen LogP contribution is 2.34. The Balaban J connectivity index is 1.98. The minimum atomic E-state index is -3.85. The van der Waals surface area contributed by atoms with Crippen LogP contribution in [0.1, 0.15) is 5.56 Å². The Labute approximate surface area is 168 Å². The minimum Gasteiger partial charge on any atom is -0.282 e. The van der Waals surface area contributed by atoms with Gasteiger partial charge in [0.15, 0.2) is 5.17 Å². The molecule has 0 unspecified atom stereocenters. The van der Waals surface area contributed by atoms with Crippen molar-refractivity contribution in [1.82, 2.24) is 4.90 Å². The SMILES string of the molecule is C=CCN1C(=O)/C(=C/c2ccc(Br)cc2)SC1=NS(=O)(=O)c1cccs1. The number of amidine groups is 1. The number of amides is 1. The van der Waals surface area contributed by atoms with Gasteiger partial charge < -0.3 is 0 Å². The van der Waals surface area contributed by atoms with Crippen molar-refractivity contribution in [3.05, 3.63) is 69.4 Å². The van der Waals surface area contributed by atoms with Gasteiger partial charge in [-0.25, -0.2) is 0 Å². The van der Waals surface area contributed by atoms with E-state index in [1.54, 1.807) is 17.5 Å². The van der Waals surface area contributed by atoms with Crippen molar-refractivity contribution in [2.45, 2.75) is 4.21 Å². The number of thioether (sulfide) groups is 1. The largest absolute Gasteiger partial charge is 0.294 e. The van der Waals surface area contributed by atoms with Gasteiger partial charge in [0.25, 0.3) is 15.9 Å². The van der Waals surface area contributed by atoms with E-state index in [1.807, 2.05) is 24.3 Å². The van der Waals surface area contributed by atoms with E-state index in [-0.39, 0.29) is 21.8 Å². The molecule has 1 fully saturated rings. The molecule has 1 saturated heterocycles. The van der Waals surface area contributed by atoms with Crippen LogP contribution in [0.15, 0.2) is 72.4 Å². The molecule has 9 heteroatoms. The van der Waals surface area contributed by atoms with Gasteiger partial charge in [0.2, 0.25) is 0 Å². The highest BCUT2D eigenvalue weighted by Gasteiger charge is 2.34. The fourth-order valence-electron chi connectivity index (χ4n) is 2.13. The summed E-state index contributed by atoms with van der Waals surface area (Å²) in [5.41, 5.74) is 0.838. The molecule has 0 radical (unpaired) electrons. The average Bonchev–Trinajstić information content (AvgIpc) is 3.23. The van der Waals surface area contributed by atoms with Crippen LogP contribution in [0.2, 0.25) is 0 Å². The zero-order chi connectivity index (χ0) is 18.7. The number of rotatable bonds is 5. The van der Waals surface area contributed by atoms with E-state index < -0.39 is 10.0 Å². The predicted molar refractivity (Wildman–Crippen MR) is 111 cm³/mol. The number of thiophene rings is 1. The standard InChI is InChI=1S/C17H13BrN2O3S3/c1-2-9-20-16(21)14(11-12-5-7-13(18)8-6-12)25-17(20)19-26(22,23)15-4-3-10-24-15/h2-8,10-11H,1,9H2/b14-11-,19-17?. The summed E-state index contributed by atoms with van der Waals surface area (Å²) in [7, 11) is -3.85. The molecule has 1 aromatic carbocycles. The zero-order valence-electron chi connectivity index (χ0n) is 13.3. The number of carbonyl (C=O) groups is 1. The lowest BCUT2D eigenvalue weighted by Crippen LogP contribution is -2.29. The third-order valence-corrected chi connectivity index (χ3v) is 7.61. The summed E-state index contributed by atoms with van der Waals surface area (Å²) in [4.78, 5) is 14.4. The number of carbonyl (C=O) groups excluding carboxylic acids is 1. The van der Waals surface area contributed by atoms with Crippen LogP contribution in [0, 0.1) is 0 Å². The lowest BCUT2D eigenvalue weighted by molar-refractivity contribution is -0.121. The van der Waals surface area contributed by atoms with E-state index in [0.717, 1.165) is 33.1 Å². The smallest absolute Gasteiger partial charge is 0.282 e. The molecule has 2 heterocycles. The first-order valence-electron chi connectivity index (χ1n) is 7.37. The molecule has 0 saturated carbocycles. The van der Waals surface area contributed by atoms with Crippen LogP contribution in [0.5, 0.6) is 0 Å².